The van der Waals surface area contributed by atoms with Crippen LogP contribution < -0.4 is 0 Å². The Bertz CT molecular complexity index is 52.2. The van der Waals surface area contributed by atoms with E-state index < -0.39 is 0 Å². The van der Waals surface area contributed by atoms with Crippen LogP contribution in [0.5, 0.6) is 0 Å². The predicted octanol–water partition coefficient (Wildman–Crippen LogP) is -1.67. The summed E-state index contributed by atoms with van der Waals surface area (Å²) in [5.74, 6) is 0. The fraction of sp³-hybridized carbons (Fsp3) is 0. The molecule has 0 aromatic rings. The molecule has 116 valence electrons. The third-order valence-electron chi connectivity index (χ3n) is 0. The molecule has 0 fully saturated rings. The molecule has 0 saturated carbocycles. The molecule has 0 aliphatic rings. The third kappa shape index (κ3) is 475. The van der Waals surface area contributed by atoms with Crippen LogP contribution in [0.3, 0.4) is 0 Å². The molecule has 19 heavy (non-hydrogen) atoms. The van der Waals surface area contributed by atoms with Gasteiger partial charge in [-0.15, -0.1) is 0 Å². The van der Waals surface area contributed by atoms with Crippen LogP contribution in [-0.2, 0) is 60.2 Å². The normalized spacial score (nSPS) is 1.89. The van der Waals surface area contributed by atoms with Crippen molar-refractivity contribution in [1.82, 2.24) is 0 Å². The molecule has 9 nitrogen and oxygen atoms in total. The summed E-state index contributed by atoms with van der Waals surface area (Å²) < 4.78 is 0. The van der Waals surface area contributed by atoms with Gasteiger partial charge in [0, 0.05) is 17.1 Å². The van der Waals surface area contributed by atoms with Gasteiger partial charge < -0.3 is 43.2 Å². The molecular formula is C9H18FeO9. The van der Waals surface area contributed by atoms with Gasteiger partial charge in [-0.25, -0.2) is 0 Å². The molecule has 0 bridgehead atoms. The van der Waals surface area contributed by atoms with Crippen molar-refractivity contribution in [2.45, 2.75) is 0 Å². The molecule has 0 aromatic carbocycles. The summed E-state index contributed by atoms with van der Waals surface area (Å²) in [4.78, 5) is 72.0. The van der Waals surface area contributed by atoms with Crippen LogP contribution in [0, 0.1) is 0 Å². The average molecular weight is 326 g/mol. The quantitative estimate of drug-likeness (QED) is 0.475. The van der Waals surface area contributed by atoms with E-state index in [0.717, 1.165) is 0 Å². The molecule has 0 radical (unpaired) electrons. The second kappa shape index (κ2) is 548. The van der Waals surface area contributed by atoms with E-state index in [9.17, 15) is 0 Å². The minimum atomic E-state index is 0. The Hall–Kier alpha value is -2.45. The van der Waals surface area contributed by atoms with Gasteiger partial charge in [0.15, 0.2) is 0 Å². The minimum Gasteiger partial charge on any atom is -0.307 e. The van der Waals surface area contributed by atoms with Crippen molar-refractivity contribution in [1.29, 1.82) is 0 Å². The van der Waals surface area contributed by atoms with Gasteiger partial charge in [0.25, 0.3) is 0 Å². The molecule has 0 N–H and O–H groups in total. The van der Waals surface area contributed by atoms with Gasteiger partial charge in [-0.2, -0.15) is 0 Å². The standard InChI is InChI=1S/9CH2O.Fe/c9*1-2;/h9*1H2;. The monoisotopic (exact) mass is 326 g/mol. The molecule has 10 heteroatoms. The summed E-state index contributed by atoms with van der Waals surface area (Å²) in [5, 5.41) is 0. The molecule has 0 amide bonds. The second-order valence-electron chi connectivity index (χ2n) is 0. The van der Waals surface area contributed by atoms with Crippen LogP contribution in [0.4, 0.5) is 0 Å². The molecule has 0 aliphatic heterocycles. The van der Waals surface area contributed by atoms with E-state index in [4.69, 9.17) is 43.2 Å². The predicted molar refractivity (Wildman–Crippen MR) is 64.1 cm³/mol. The summed E-state index contributed by atoms with van der Waals surface area (Å²) in [6.07, 6.45) is 0. The maximum absolute atomic E-state index is 8.00. The largest absolute Gasteiger partial charge is 0.307 e. The van der Waals surface area contributed by atoms with Crippen LogP contribution in [0.2, 0.25) is 0 Å². The fourth-order valence-corrected chi connectivity index (χ4v) is 0. The van der Waals surface area contributed by atoms with Crippen molar-refractivity contribution in [3.63, 3.8) is 0 Å². The molecule has 0 aromatic heterocycles. The third-order valence-corrected chi connectivity index (χ3v) is 0. The van der Waals surface area contributed by atoms with Crippen LogP contribution in [0.1, 0.15) is 0 Å². The first kappa shape index (κ1) is 93.3. The fourth-order valence-electron chi connectivity index (χ4n) is 0. The number of carbonyl (C=O) groups is 9. The minimum absolute atomic E-state index is 0. The molecule has 0 rings (SSSR count). The summed E-state index contributed by atoms with van der Waals surface area (Å²) in [7, 11) is 0. The van der Waals surface area contributed by atoms with Crippen molar-refractivity contribution >= 4 is 61.1 Å². The van der Waals surface area contributed by atoms with Crippen LogP contribution in [0.25, 0.3) is 0 Å². The number of rotatable bonds is 0. The Balaban J connectivity index is -0.00000000596. The topological polar surface area (TPSA) is 154 Å². The van der Waals surface area contributed by atoms with E-state index in [1.54, 1.807) is 0 Å². The first-order valence-electron chi connectivity index (χ1n) is 2.60. The van der Waals surface area contributed by atoms with Crippen LogP contribution in [-0.4, -0.2) is 61.1 Å². The maximum atomic E-state index is 8.00. The zero-order valence-electron chi connectivity index (χ0n) is 10.4. The van der Waals surface area contributed by atoms with Gasteiger partial charge in [-0.05, 0) is 0 Å². The van der Waals surface area contributed by atoms with Crippen molar-refractivity contribution in [2.24, 2.45) is 0 Å². The van der Waals surface area contributed by atoms with E-state index in [2.05, 4.69) is 0 Å². The Morgan fingerprint density at radius 1 is 0.211 bits per heavy atom. The Kier molecular flexibility index (Phi) is 2690. The van der Waals surface area contributed by atoms with Crippen molar-refractivity contribution in [2.75, 3.05) is 0 Å². The molecular weight excluding hydrogens is 308 g/mol. The Morgan fingerprint density at radius 3 is 0.211 bits per heavy atom. The summed E-state index contributed by atoms with van der Waals surface area (Å²) >= 11 is 0. The molecule has 0 heterocycles. The molecule has 0 saturated heterocycles. The van der Waals surface area contributed by atoms with Gasteiger partial charge in [0.1, 0.15) is 61.1 Å². The van der Waals surface area contributed by atoms with E-state index in [0.29, 0.717) is 0 Å². The first-order valence-corrected chi connectivity index (χ1v) is 2.60. The van der Waals surface area contributed by atoms with E-state index in [1.807, 2.05) is 61.1 Å². The van der Waals surface area contributed by atoms with Crippen LogP contribution in [0.15, 0.2) is 0 Å². The molecule has 0 spiro atoms. The van der Waals surface area contributed by atoms with Gasteiger partial charge in [-0.3, -0.25) is 0 Å². The smallest absolute Gasteiger partial charge is 0.106 e. The average Bonchev–Trinajstić information content (AvgIpc) is 2.63. The molecule has 0 unspecified atom stereocenters. The van der Waals surface area contributed by atoms with Gasteiger partial charge in [0.2, 0.25) is 0 Å². The zero-order chi connectivity index (χ0) is 18.0. The van der Waals surface area contributed by atoms with E-state index in [1.165, 1.54) is 0 Å². The van der Waals surface area contributed by atoms with E-state index >= 15 is 0 Å². The zero-order valence-corrected chi connectivity index (χ0v) is 11.5. The van der Waals surface area contributed by atoms with Gasteiger partial charge in [0.05, 0.1) is 0 Å². The number of hydrogen-bond acceptors (Lipinski definition) is 9. The summed E-state index contributed by atoms with van der Waals surface area (Å²) in [6, 6.07) is 0. The molecule has 0 atom stereocenters. The second-order valence-corrected chi connectivity index (χ2v) is 0. The van der Waals surface area contributed by atoms with Crippen molar-refractivity contribution < 1.29 is 60.2 Å². The summed E-state index contributed by atoms with van der Waals surface area (Å²) in [5.41, 5.74) is 0. The number of carbonyl (C=O) groups excluding carboxylic acids is 9. The maximum Gasteiger partial charge on any atom is 0.106 e. The van der Waals surface area contributed by atoms with Crippen LogP contribution >= 0.6 is 0 Å². The first-order chi connectivity index (χ1) is 9.00. The molecule has 0 aliphatic carbocycles. The number of hydrogen-bond donors (Lipinski definition) is 0. The van der Waals surface area contributed by atoms with E-state index in [-0.39, 0.29) is 17.1 Å². The SMILES string of the molecule is C=O.C=O.C=O.C=O.C=O.C=O.C=O.C=O.C=O.[Fe]. The van der Waals surface area contributed by atoms with Gasteiger partial charge in [-0.1, -0.05) is 0 Å². The van der Waals surface area contributed by atoms with Crippen molar-refractivity contribution in [3.8, 4) is 0 Å². The van der Waals surface area contributed by atoms with Gasteiger partial charge >= 0.3 is 0 Å². The Labute approximate surface area is 122 Å². The Morgan fingerprint density at radius 2 is 0.211 bits per heavy atom. The van der Waals surface area contributed by atoms with Crippen molar-refractivity contribution in [3.05, 3.63) is 0 Å². The summed E-state index contributed by atoms with van der Waals surface area (Å²) in [6.45, 7) is 18.0.